The third-order valence-corrected chi connectivity index (χ3v) is 8.80. The predicted molar refractivity (Wildman–Crippen MR) is 143 cm³/mol. The Kier molecular flexibility index (Phi) is 6.53. The number of amides is 2. The fraction of sp³-hybridized carbons (Fsp3) is 0.433. The molecule has 1 aliphatic carbocycles. The molecule has 8 nitrogen and oxygen atoms in total. The highest BCUT2D eigenvalue weighted by Gasteiger charge is 2.58. The maximum Gasteiger partial charge on any atom is 0.320 e. The lowest BCUT2D eigenvalue weighted by atomic mass is 9.55. The minimum Gasteiger partial charge on any atom is -0.387 e. The quantitative estimate of drug-likeness (QED) is 0.574. The molecule has 3 aliphatic rings. The van der Waals surface area contributed by atoms with E-state index in [0.29, 0.717) is 45.0 Å². The number of piperidine rings is 1. The predicted octanol–water partition coefficient (Wildman–Crippen LogP) is 3.71. The summed E-state index contributed by atoms with van der Waals surface area (Å²) in [5, 5.41) is 12.0. The van der Waals surface area contributed by atoms with E-state index in [4.69, 9.17) is 4.74 Å². The standard InChI is InChI=1S/C30H34N4O4/c35-27-18-25(23-8-3-1-4-9-23)31-22-33(27)21-30(37)14-15-32(20-29(30)12-7-13-29)28(36)34-16-17-38-19-26(34)24-10-5-2-6-11-24/h1-6,8-11,18,22,26,37H,7,12-17,19-21H2. The molecule has 3 fully saturated rings. The number of ether oxygens (including phenoxy) is 1. The van der Waals surface area contributed by atoms with Gasteiger partial charge in [0.25, 0.3) is 5.56 Å². The number of aromatic nitrogens is 2. The molecule has 1 N–H and O–H groups in total. The monoisotopic (exact) mass is 514 g/mol. The molecule has 0 bridgehead atoms. The first-order valence-corrected chi connectivity index (χ1v) is 13.5. The van der Waals surface area contributed by atoms with E-state index in [1.807, 2.05) is 70.5 Å². The molecule has 2 unspecified atom stereocenters. The lowest BCUT2D eigenvalue weighted by molar-refractivity contribution is -0.175. The van der Waals surface area contributed by atoms with Gasteiger partial charge in [-0.05, 0) is 24.8 Å². The molecule has 6 rings (SSSR count). The van der Waals surface area contributed by atoms with Gasteiger partial charge in [-0.1, -0.05) is 67.1 Å². The number of rotatable bonds is 4. The molecule has 2 saturated heterocycles. The van der Waals surface area contributed by atoms with Crippen LogP contribution in [0.5, 0.6) is 0 Å². The minimum absolute atomic E-state index is 0.00141. The first kappa shape index (κ1) is 24.8. The van der Waals surface area contributed by atoms with Crippen LogP contribution in [-0.4, -0.2) is 68.9 Å². The fourth-order valence-corrected chi connectivity index (χ4v) is 6.37. The average molecular weight is 515 g/mol. The molecule has 2 aliphatic heterocycles. The van der Waals surface area contributed by atoms with Crippen LogP contribution in [-0.2, 0) is 11.3 Å². The summed E-state index contributed by atoms with van der Waals surface area (Å²) in [6.45, 7) is 2.66. The van der Waals surface area contributed by atoms with E-state index in [1.54, 1.807) is 6.33 Å². The third-order valence-electron chi connectivity index (χ3n) is 8.80. The third kappa shape index (κ3) is 4.41. The van der Waals surface area contributed by atoms with Crippen molar-refractivity contribution in [3.8, 4) is 11.3 Å². The molecular weight excluding hydrogens is 480 g/mol. The van der Waals surface area contributed by atoms with Crippen molar-refractivity contribution in [3.63, 3.8) is 0 Å². The second-order valence-electron chi connectivity index (χ2n) is 10.9. The van der Waals surface area contributed by atoms with Gasteiger partial charge in [0.15, 0.2) is 0 Å². The van der Waals surface area contributed by atoms with Crippen LogP contribution in [0.25, 0.3) is 11.3 Å². The maximum atomic E-state index is 13.8. The number of likely N-dealkylation sites (tertiary alicyclic amines) is 1. The van der Waals surface area contributed by atoms with E-state index >= 15 is 0 Å². The van der Waals surface area contributed by atoms with Crippen molar-refractivity contribution in [1.29, 1.82) is 0 Å². The summed E-state index contributed by atoms with van der Waals surface area (Å²) in [7, 11) is 0. The Morgan fingerprint density at radius 3 is 2.45 bits per heavy atom. The first-order valence-electron chi connectivity index (χ1n) is 13.5. The van der Waals surface area contributed by atoms with Crippen LogP contribution < -0.4 is 5.56 Å². The Morgan fingerprint density at radius 1 is 1.03 bits per heavy atom. The van der Waals surface area contributed by atoms with Crippen LogP contribution in [0, 0.1) is 5.41 Å². The molecule has 1 spiro atoms. The van der Waals surface area contributed by atoms with Crippen LogP contribution in [0.1, 0.15) is 37.3 Å². The smallest absolute Gasteiger partial charge is 0.320 e. The zero-order valence-corrected chi connectivity index (χ0v) is 21.5. The second kappa shape index (κ2) is 10.0. The van der Waals surface area contributed by atoms with Crippen molar-refractivity contribution < 1.29 is 14.6 Å². The van der Waals surface area contributed by atoms with Crippen LogP contribution in [0.2, 0.25) is 0 Å². The highest BCUT2D eigenvalue weighted by molar-refractivity contribution is 5.75. The van der Waals surface area contributed by atoms with Gasteiger partial charge in [0.05, 0.1) is 43.4 Å². The molecule has 2 atom stereocenters. The lowest BCUT2D eigenvalue weighted by Crippen LogP contribution is -2.67. The van der Waals surface area contributed by atoms with Crippen LogP contribution in [0.3, 0.4) is 0 Å². The van der Waals surface area contributed by atoms with E-state index in [9.17, 15) is 14.7 Å². The van der Waals surface area contributed by atoms with Gasteiger partial charge in [-0.25, -0.2) is 9.78 Å². The van der Waals surface area contributed by atoms with Crippen molar-refractivity contribution in [2.45, 2.75) is 43.9 Å². The number of nitrogens with zero attached hydrogens (tertiary/aromatic N) is 4. The van der Waals surface area contributed by atoms with Gasteiger partial charge in [0.2, 0.25) is 0 Å². The summed E-state index contributed by atoms with van der Waals surface area (Å²) < 4.78 is 7.26. The number of aliphatic hydroxyl groups is 1. The van der Waals surface area contributed by atoms with E-state index in [-0.39, 0.29) is 24.2 Å². The van der Waals surface area contributed by atoms with Crippen LogP contribution in [0.4, 0.5) is 4.79 Å². The normalized spacial score (nSPS) is 24.7. The number of urea groups is 1. The molecule has 2 amide bonds. The molecular formula is C30H34N4O4. The highest BCUT2D eigenvalue weighted by atomic mass is 16.5. The molecule has 8 heteroatoms. The molecule has 3 heterocycles. The summed E-state index contributed by atoms with van der Waals surface area (Å²) in [5.74, 6) is 0. The van der Waals surface area contributed by atoms with Gasteiger partial charge in [0, 0.05) is 36.7 Å². The molecule has 0 radical (unpaired) electrons. The number of hydrogen-bond acceptors (Lipinski definition) is 5. The molecule has 3 aromatic rings. The van der Waals surface area contributed by atoms with E-state index in [1.165, 1.54) is 10.6 Å². The number of carbonyl (C=O) groups excluding carboxylic acids is 1. The average Bonchev–Trinajstić information content (AvgIpc) is 2.94. The number of morpholine rings is 1. The Hall–Kier alpha value is -3.49. The Bertz CT molecular complexity index is 1340. The zero-order chi connectivity index (χ0) is 26.2. The van der Waals surface area contributed by atoms with Gasteiger partial charge >= 0.3 is 6.03 Å². The van der Waals surface area contributed by atoms with Crippen molar-refractivity contribution in [2.24, 2.45) is 5.41 Å². The second-order valence-corrected chi connectivity index (χ2v) is 10.9. The largest absolute Gasteiger partial charge is 0.387 e. The number of benzene rings is 2. The molecule has 38 heavy (non-hydrogen) atoms. The minimum atomic E-state index is -1.08. The summed E-state index contributed by atoms with van der Waals surface area (Å²) in [6.07, 6.45) is 4.65. The van der Waals surface area contributed by atoms with E-state index < -0.39 is 11.0 Å². The summed E-state index contributed by atoms with van der Waals surface area (Å²) in [4.78, 5) is 35.2. The van der Waals surface area contributed by atoms with Crippen molar-refractivity contribution in [2.75, 3.05) is 32.8 Å². The molecule has 1 saturated carbocycles. The van der Waals surface area contributed by atoms with Crippen molar-refractivity contribution >= 4 is 6.03 Å². The Labute approximate surface area is 222 Å². The molecule has 198 valence electrons. The highest BCUT2D eigenvalue weighted by Crippen LogP contribution is 2.54. The summed E-state index contributed by atoms with van der Waals surface area (Å²) >= 11 is 0. The molecule has 2 aromatic carbocycles. The van der Waals surface area contributed by atoms with E-state index in [0.717, 1.165) is 30.4 Å². The topological polar surface area (TPSA) is 87.9 Å². The Morgan fingerprint density at radius 2 is 1.76 bits per heavy atom. The van der Waals surface area contributed by atoms with Crippen LogP contribution >= 0.6 is 0 Å². The van der Waals surface area contributed by atoms with Crippen molar-refractivity contribution in [1.82, 2.24) is 19.4 Å². The lowest BCUT2D eigenvalue weighted by Gasteiger charge is -2.59. The van der Waals surface area contributed by atoms with Gasteiger partial charge in [0.1, 0.15) is 0 Å². The van der Waals surface area contributed by atoms with Gasteiger partial charge < -0.3 is 19.6 Å². The fourth-order valence-electron chi connectivity index (χ4n) is 6.37. The summed E-state index contributed by atoms with van der Waals surface area (Å²) in [5.41, 5.74) is 0.891. The van der Waals surface area contributed by atoms with Crippen LogP contribution in [0.15, 0.2) is 77.9 Å². The number of hydrogen-bond donors (Lipinski definition) is 1. The van der Waals surface area contributed by atoms with Crippen molar-refractivity contribution in [3.05, 3.63) is 89.0 Å². The SMILES string of the molecule is O=C(N1CCC(O)(Cn2cnc(-c3ccccc3)cc2=O)C2(CCC2)C1)N1CCOCC1c1ccccc1. The zero-order valence-electron chi connectivity index (χ0n) is 21.5. The maximum absolute atomic E-state index is 13.8. The summed E-state index contributed by atoms with van der Waals surface area (Å²) in [6, 6.07) is 21.0. The first-order chi connectivity index (χ1) is 18.5. The van der Waals surface area contributed by atoms with E-state index in [2.05, 4.69) is 4.98 Å². The van der Waals surface area contributed by atoms with Gasteiger partial charge in [-0.15, -0.1) is 0 Å². The van der Waals surface area contributed by atoms with Gasteiger partial charge in [-0.3, -0.25) is 9.36 Å². The molecule has 1 aromatic heterocycles. The van der Waals surface area contributed by atoms with Gasteiger partial charge in [-0.2, -0.15) is 0 Å². The number of carbonyl (C=O) groups is 1. The Balaban J connectivity index is 1.20.